The fourth-order valence-corrected chi connectivity index (χ4v) is 3.65. The standard InChI is InChI=1S/C17H18Br3N/c1-3-9-21-17(13-6-4-5-11(2)16(13)20)14-10-12(18)7-8-15(14)19/h4-8,10,17,21H,3,9H2,1-2H3. The zero-order valence-corrected chi connectivity index (χ0v) is 16.8. The van der Waals surface area contributed by atoms with Gasteiger partial charge >= 0.3 is 0 Å². The van der Waals surface area contributed by atoms with E-state index in [-0.39, 0.29) is 6.04 Å². The molecule has 0 amide bonds. The van der Waals surface area contributed by atoms with Crippen LogP contribution in [0.2, 0.25) is 0 Å². The Balaban J connectivity index is 2.52. The molecule has 2 aromatic rings. The highest BCUT2D eigenvalue weighted by atomic mass is 79.9. The molecule has 0 fully saturated rings. The first-order chi connectivity index (χ1) is 10.0. The Morgan fingerprint density at radius 2 is 1.81 bits per heavy atom. The molecular weight excluding hydrogens is 458 g/mol. The molecular formula is C17H18Br3N. The van der Waals surface area contributed by atoms with Crippen molar-refractivity contribution in [3.63, 3.8) is 0 Å². The van der Waals surface area contributed by atoms with E-state index in [1.54, 1.807) is 0 Å². The lowest BCUT2D eigenvalue weighted by Gasteiger charge is -2.23. The molecule has 112 valence electrons. The van der Waals surface area contributed by atoms with Crippen molar-refractivity contribution in [2.24, 2.45) is 0 Å². The predicted octanol–water partition coefficient (Wildman–Crippen LogP) is 6.37. The number of halogens is 3. The van der Waals surface area contributed by atoms with E-state index in [4.69, 9.17) is 0 Å². The molecule has 0 aliphatic rings. The quantitative estimate of drug-likeness (QED) is 0.529. The van der Waals surface area contributed by atoms with Gasteiger partial charge in [-0.15, -0.1) is 0 Å². The van der Waals surface area contributed by atoms with Gasteiger partial charge in [0.05, 0.1) is 6.04 Å². The molecule has 0 saturated carbocycles. The van der Waals surface area contributed by atoms with Gasteiger partial charge in [0.15, 0.2) is 0 Å². The fraction of sp³-hybridized carbons (Fsp3) is 0.294. The summed E-state index contributed by atoms with van der Waals surface area (Å²) in [6.45, 7) is 5.29. The van der Waals surface area contributed by atoms with Crippen LogP contribution >= 0.6 is 47.8 Å². The average molecular weight is 476 g/mol. The summed E-state index contributed by atoms with van der Waals surface area (Å²) in [5.41, 5.74) is 3.76. The van der Waals surface area contributed by atoms with E-state index in [0.717, 1.165) is 21.9 Å². The Bertz CT molecular complexity index is 623. The van der Waals surface area contributed by atoms with Crippen molar-refractivity contribution in [1.29, 1.82) is 0 Å². The van der Waals surface area contributed by atoms with Gasteiger partial charge in [-0.1, -0.05) is 72.9 Å². The molecule has 4 heteroatoms. The van der Waals surface area contributed by atoms with Gasteiger partial charge < -0.3 is 5.32 Å². The van der Waals surface area contributed by atoms with Crippen LogP contribution in [0.25, 0.3) is 0 Å². The summed E-state index contributed by atoms with van der Waals surface area (Å²) < 4.78 is 3.38. The highest BCUT2D eigenvalue weighted by molar-refractivity contribution is 9.11. The van der Waals surface area contributed by atoms with Crippen molar-refractivity contribution in [3.8, 4) is 0 Å². The van der Waals surface area contributed by atoms with Crippen LogP contribution in [0.3, 0.4) is 0 Å². The minimum atomic E-state index is 0.158. The lowest BCUT2D eigenvalue weighted by Crippen LogP contribution is -2.24. The third-order valence-electron chi connectivity index (χ3n) is 3.40. The van der Waals surface area contributed by atoms with Crippen molar-refractivity contribution in [2.75, 3.05) is 6.54 Å². The maximum absolute atomic E-state index is 3.75. The number of benzene rings is 2. The minimum absolute atomic E-state index is 0.158. The smallest absolute Gasteiger partial charge is 0.0599 e. The van der Waals surface area contributed by atoms with Crippen molar-refractivity contribution < 1.29 is 0 Å². The number of nitrogens with one attached hydrogen (secondary N) is 1. The summed E-state index contributed by atoms with van der Waals surface area (Å²) in [5, 5.41) is 3.66. The Kier molecular flexibility index (Phi) is 6.48. The van der Waals surface area contributed by atoms with Crippen molar-refractivity contribution >= 4 is 47.8 Å². The Morgan fingerprint density at radius 1 is 1.05 bits per heavy atom. The van der Waals surface area contributed by atoms with Crippen molar-refractivity contribution in [1.82, 2.24) is 5.32 Å². The molecule has 0 aromatic heterocycles. The maximum atomic E-state index is 3.75. The molecule has 2 aromatic carbocycles. The predicted molar refractivity (Wildman–Crippen MR) is 101 cm³/mol. The summed E-state index contributed by atoms with van der Waals surface area (Å²) >= 11 is 11.0. The van der Waals surface area contributed by atoms with E-state index in [9.17, 15) is 0 Å². The van der Waals surface area contributed by atoms with E-state index in [2.05, 4.69) is 103 Å². The summed E-state index contributed by atoms with van der Waals surface area (Å²) in [4.78, 5) is 0. The highest BCUT2D eigenvalue weighted by Gasteiger charge is 2.19. The average Bonchev–Trinajstić information content (AvgIpc) is 2.47. The number of aryl methyl sites for hydroxylation is 1. The third kappa shape index (κ3) is 4.19. The van der Waals surface area contributed by atoms with E-state index < -0.39 is 0 Å². The normalized spacial score (nSPS) is 12.4. The molecule has 0 aliphatic heterocycles. The second-order valence-corrected chi connectivity index (χ2v) is 7.59. The lowest BCUT2D eigenvalue weighted by atomic mass is 9.97. The van der Waals surface area contributed by atoms with Crippen molar-refractivity contribution in [3.05, 3.63) is 66.5 Å². The number of hydrogen-bond acceptors (Lipinski definition) is 1. The van der Waals surface area contributed by atoms with Gasteiger partial charge in [0, 0.05) is 13.4 Å². The van der Waals surface area contributed by atoms with Crippen LogP contribution in [0.15, 0.2) is 49.8 Å². The first-order valence-electron chi connectivity index (χ1n) is 6.98. The van der Waals surface area contributed by atoms with Crippen molar-refractivity contribution in [2.45, 2.75) is 26.3 Å². The second kappa shape index (κ2) is 7.91. The van der Waals surface area contributed by atoms with Gasteiger partial charge in [0.1, 0.15) is 0 Å². The van der Waals surface area contributed by atoms with E-state index in [1.807, 2.05) is 0 Å². The Hall–Kier alpha value is -0.160. The molecule has 1 nitrogen and oxygen atoms in total. The lowest BCUT2D eigenvalue weighted by molar-refractivity contribution is 0.594. The van der Waals surface area contributed by atoms with Gasteiger partial charge in [-0.25, -0.2) is 0 Å². The summed E-state index contributed by atoms with van der Waals surface area (Å²) in [6.07, 6.45) is 1.10. The molecule has 21 heavy (non-hydrogen) atoms. The van der Waals surface area contributed by atoms with Gasteiger partial charge in [-0.2, -0.15) is 0 Å². The van der Waals surface area contributed by atoms with Crippen LogP contribution < -0.4 is 5.32 Å². The molecule has 1 N–H and O–H groups in total. The molecule has 0 spiro atoms. The van der Waals surface area contributed by atoms with E-state index >= 15 is 0 Å². The monoisotopic (exact) mass is 473 g/mol. The molecule has 0 heterocycles. The molecule has 2 rings (SSSR count). The van der Waals surface area contributed by atoms with Gasteiger partial charge in [0.2, 0.25) is 0 Å². The number of hydrogen-bond donors (Lipinski definition) is 1. The summed E-state index contributed by atoms with van der Waals surface area (Å²) in [5.74, 6) is 0. The van der Waals surface area contributed by atoms with Crippen LogP contribution in [0.5, 0.6) is 0 Å². The molecule has 1 unspecified atom stereocenters. The SMILES string of the molecule is CCCNC(c1cc(Br)ccc1Br)c1cccc(C)c1Br. The first kappa shape index (κ1) is 17.2. The van der Waals surface area contributed by atoms with Crippen LogP contribution in [0.4, 0.5) is 0 Å². The number of rotatable bonds is 5. The Morgan fingerprint density at radius 3 is 2.52 bits per heavy atom. The third-order valence-corrected chi connectivity index (χ3v) is 5.70. The zero-order valence-electron chi connectivity index (χ0n) is 12.1. The van der Waals surface area contributed by atoms with Crippen LogP contribution in [0, 0.1) is 6.92 Å². The second-order valence-electron chi connectivity index (χ2n) is 5.03. The van der Waals surface area contributed by atoms with Gasteiger partial charge in [0.25, 0.3) is 0 Å². The van der Waals surface area contributed by atoms with Gasteiger partial charge in [-0.3, -0.25) is 0 Å². The van der Waals surface area contributed by atoms with E-state index in [1.165, 1.54) is 21.2 Å². The zero-order chi connectivity index (χ0) is 15.4. The van der Waals surface area contributed by atoms with Crippen LogP contribution in [-0.4, -0.2) is 6.54 Å². The first-order valence-corrected chi connectivity index (χ1v) is 9.35. The van der Waals surface area contributed by atoms with Crippen LogP contribution in [-0.2, 0) is 0 Å². The van der Waals surface area contributed by atoms with Crippen LogP contribution in [0.1, 0.15) is 36.1 Å². The molecule has 1 atom stereocenters. The molecule has 0 aliphatic carbocycles. The highest BCUT2D eigenvalue weighted by Crippen LogP contribution is 2.35. The largest absolute Gasteiger partial charge is 0.306 e. The molecule has 0 bridgehead atoms. The molecule has 0 radical (unpaired) electrons. The van der Waals surface area contributed by atoms with Gasteiger partial charge in [-0.05, 0) is 54.8 Å². The van der Waals surface area contributed by atoms with E-state index in [0.29, 0.717) is 0 Å². The maximum Gasteiger partial charge on any atom is 0.0599 e. The Labute approximate surface area is 151 Å². The summed E-state index contributed by atoms with van der Waals surface area (Å²) in [6, 6.07) is 12.9. The topological polar surface area (TPSA) is 12.0 Å². The minimum Gasteiger partial charge on any atom is -0.306 e. The fourth-order valence-electron chi connectivity index (χ4n) is 2.31. The molecule has 0 saturated heterocycles. The summed E-state index contributed by atoms with van der Waals surface area (Å²) in [7, 11) is 0.